The highest BCUT2D eigenvalue weighted by Crippen LogP contribution is 2.15. The smallest absolute Gasteiger partial charge is 0.319 e. The lowest BCUT2D eigenvalue weighted by Crippen LogP contribution is -2.43. The monoisotopic (exact) mass is 309 g/mol. The number of hydrogen-bond acceptors (Lipinski definition) is 3. The molecule has 1 aromatic rings. The Labute approximate surface area is 128 Å². The van der Waals surface area contributed by atoms with Gasteiger partial charge in [0.15, 0.2) is 0 Å². The number of piperidine rings is 1. The van der Waals surface area contributed by atoms with E-state index in [1.807, 2.05) is 4.90 Å². The van der Waals surface area contributed by atoms with Crippen molar-refractivity contribution in [2.75, 3.05) is 31.5 Å². The molecule has 1 aliphatic rings. The lowest BCUT2D eigenvalue weighted by atomic mass is 9.98. The number of amides is 2. The number of benzene rings is 1. The summed E-state index contributed by atoms with van der Waals surface area (Å²) in [4.78, 5) is 24.4. The molecule has 2 amide bonds. The number of rotatable bonds is 5. The van der Waals surface area contributed by atoms with Crippen molar-refractivity contribution in [3.63, 3.8) is 0 Å². The molecule has 0 spiro atoms. The number of nitrogens with zero attached hydrogens (tertiary/aromatic N) is 1. The number of likely N-dealkylation sites (tertiary alicyclic amines) is 1. The Morgan fingerprint density at radius 3 is 2.95 bits per heavy atom. The van der Waals surface area contributed by atoms with Crippen molar-refractivity contribution in [1.82, 2.24) is 10.2 Å². The van der Waals surface area contributed by atoms with Crippen molar-refractivity contribution >= 4 is 17.7 Å². The second-order valence-corrected chi connectivity index (χ2v) is 5.48. The Bertz CT molecular complexity index is 539. The first-order chi connectivity index (χ1) is 10.5. The predicted octanol–water partition coefficient (Wildman–Crippen LogP) is 1.74. The Morgan fingerprint density at radius 1 is 1.41 bits per heavy atom. The number of anilines is 1. The van der Waals surface area contributed by atoms with Crippen LogP contribution < -0.4 is 10.6 Å². The Kier molecular flexibility index (Phi) is 5.71. The Balaban J connectivity index is 1.75. The molecule has 1 saturated heterocycles. The summed E-state index contributed by atoms with van der Waals surface area (Å²) in [6.45, 7) is 1.94. The first-order valence-corrected chi connectivity index (χ1v) is 7.27. The quantitative estimate of drug-likeness (QED) is 0.774. The molecule has 7 heteroatoms. The maximum Gasteiger partial charge on any atom is 0.319 e. The highest BCUT2D eigenvalue weighted by molar-refractivity contribution is 5.89. The second-order valence-electron chi connectivity index (χ2n) is 5.48. The minimum Gasteiger partial charge on any atom is -0.480 e. The number of nitrogens with one attached hydrogen (secondary N) is 2. The molecule has 1 heterocycles. The molecular formula is C15H20FN3O3. The van der Waals surface area contributed by atoms with Gasteiger partial charge in [-0.25, -0.2) is 9.18 Å². The molecule has 1 aliphatic heterocycles. The van der Waals surface area contributed by atoms with Crippen LogP contribution in [0.3, 0.4) is 0 Å². The normalized spacial score (nSPS) is 18.7. The van der Waals surface area contributed by atoms with Crippen molar-refractivity contribution in [2.45, 2.75) is 12.8 Å². The highest BCUT2D eigenvalue weighted by atomic mass is 19.1. The van der Waals surface area contributed by atoms with Crippen molar-refractivity contribution in [3.05, 3.63) is 30.1 Å². The van der Waals surface area contributed by atoms with Gasteiger partial charge in [0.25, 0.3) is 0 Å². The summed E-state index contributed by atoms with van der Waals surface area (Å²) in [5, 5.41) is 14.1. The number of carbonyl (C=O) groups excluding carboxylic acids is 1. The molecule has 6 nitrogen and oxygen atoms in total. The van der Waals surface area contributed by atoms with E-state index in [1.54, 1.807) is 6.07 Å². The summed E-state index contributed by atoms with van der Waals surface area (Å²) < 4.78 is 13.0. The lowest BCUT2D eigenvalue weighted by Gasteiger charge is -2.31. The van der Waals surface area contributed by atoms with Gasteiger partial charge in [0.05, 0.1) is 6.54 Å². The third-order valence-corrected chi connectivity index (χ3v) is 3.60. The van der Waals surface area contributed by atoms with E-state index >= 15 is 0 Å². The summed E-state index contributed by atoms with van der Waals surface area (Å²) in [5.74, 6) is -1.02. The summed E-state index contributed by atoms with van der Waals surface area (Å²) in [6.07, 6.45) is 1.88. The van der Waals surface area contributed by atoms with Gasteiger partial charge in [0, 0.05) is 18.8 Å². The molecule has 1 fully saturated rings. The first-order valence-electron chi connectivity index (χ1n) is 7.27. The predicted molar refractivity (Wildman–Crippen MR) is 80.2 cm³/mol. The average molecular weight is 309 g/mol. The lowest BCUT2D eigenvalue weighted by molar-refractivity contribution is -0.138. The highest BCUT2D eigenvalue weighted by Gasteiger charge is 2.21. The van der Waals surface area contributed by atoms with Crippen molar-refractivity contribution in [3.8, 4) is 0 Å². The molecule has 1 unspecified atom stereocenters. The van der Waals surface area contributed by atoms with Crippen molar-refractivity contribution in [1.29, 1.82) is 0 Å². The van der Waals surface area contributed by atoms with E-state index in [9.17, 15) is 14.0 Å². The zero-order chi connectivity index (χ0) is 15.9. The van der Waals surface area contributed by atoms with Crippen molar-refractivity contribution in [2.24, 2.45) is 5.92 Å². The molecule has 1 atom stereocenters. The second kappa shape index (κ2) is 7.74. The SMILES string of the molecule is O=C(O)CN1CCCC(CNC(=O)Nc2cccc(F)c2)C1. The van der Waals surface area contributed by atoms with E-state index in [1.165, 1.54) is 18.2 Å². The first kappa shape index (κ1) is 16.2. The zero-order valence-corrected chi connectivity index (χ0v) is 12.2. The third kappa shape index (κ3) is 5.33. The van der Waals surface area contributed by atoms with Gasteiger partial charge in [-0.3, -0.25) is 9.69 Å². The van der Waals surface area contributed by atoms with Crippen LogP contribution in [0.4, 0.5) is 14.9 Å². The van der Waals surface area contributed by atoms with Gasteiger partial charge in [-0.15, -0.1) is 0 Å². The molecule has 22 heavy (non-hydrogen) atoms. The van der Waals surface area contributed by atoms with E-state index in [4.69, 9.17) is 5.11 Å². The third-order valence-electron chi connectivity index (χ3n) is 3.60. The number of halogens is 1. The van der Waals surface area contributed by atoms with Crippen LogP contribution in [0.1, 0.15) is 12.8 Å². The van der Waals surface area contributed by atoms with Crippen LogP contribution in [0.15, 0.2) is 24.3 Å². The molecule has 120 valence electrons. The summed E-state index contributed by atoms with van der Waals surface area (Å²) in [7, 11) is 0. The number of carbonyl (C=O) groups is 2. The molecule has 0 bridgehead atoms. The van der Waals surface area contributed by atoms with Gasteiger partial charge in [-0.2, -0.15) is 0 Å². The Morgan fingerprint density at radius 2 is 2.23 bits per heavy atom. The fourth-order valence-corrected chi connectivity index (χ4v) is 2.63. The molecule has 0 aliphatic carbocycles. The van der Waals surface area contributed by atoms with Crippen LogP contribution in [0.2, 0.25) is 0 Å². The van der Waals surface area contributed by atoms with Crippen LogP contribution in [-0.2, 0) is 4.79 Å². The van der Waals surface area contributed by atoms with Crippen LogP contribution in [0, 0.1) is 11.7 Å². The van der Waals surface area contributed by atoms with E-state index in [0.717, 1.165) is 19.4 Å². The van der Waals surface area contributed by atoms with E-state index in [-0.39, 0.29) is 18.5 Å². The number of carboxylic acid groups (broad SMARTS) is 1. The summed E-state index contributed by atoms with van der Waals surface area (Å²) in [6, 6.07) is 5.30. The van der Waals surface area contributed by atoms with Gasteiger partial charge in [0.2, 0.25) is 0 Å². The van der Waals surface area contributed by atoms with E-state index < -0.39 is 11.8 Å². The van der Waals surface area contributed by atoms with E-state index in [2.05, 4.69) is 10.6 Å². The zero-order valence-electron chi connectivity index (χ0n) is 12.2. The van der Waals surface area contributed by atoms with Gasteiger partial charge in [-0.1, -0.05) is 6.07 Å². The van der Waals surface area contributed by atoms with Crippen LogP contribution >= 0.6 is 0 Å². The topological polar surface area (TPSA) is 81.7 Å². The minimum atomic E-state index is -0.836. The fourth-order valence-electron chi connectivity index (χ4n) is 2.63. The van der Waals surface area contributed by atoms with Crippen LogP contribution in [0.25, 0.3) is 0 Å². The standard InChI is InChI=1S/C15H20FN3O3/c16-12-4-1-5-13(7-12)18-15(22)17-8-11-3-2-6-19(9-11)10-14(20)21/h1,4-5,7,11H,2-3,6,8-10H2,(H,20,21)(H2,17,18,22). The molecule has 0 aromatic heterocycles. The maximum atomic E-state index is 13.0. The van der Waals surface area contributed by atoms with Gasteiger partial charge >= 0.3 is 12.0 Å². The molecule has 1 aromatic carbocycles. The number of urea groups is 1. The molecule has 0 saturated carbocycles. The molecular weight excluding hydrogens is 289 g/mol. The molecule has 3 N–H and O–H groups in total. The average Bonchev–Trinajstić information content (AvgIpc) is 2.45. The largest absolute Gasteiger partial charge is 0.480 e. The number of carboxylic acids is 1. The fraction of sp³-hybridized carbons (Fsp3) is 0.467. The Hall–Kier alpha value is -2.15. The molecule has 2 rings (SSSR count). The van der Waals surface area contributed by atoms with Crippen LogP contribution in [-0.4, -0.2) is 48.2 Å². The van der Waals surface area contributed by atoms with E-state index in [0.29, 0.717) is 18.8 Å². The van der Waals surface area contributed by atoms with Gasteiger partial charge < -0.3 is 15.7 Å². The van der Waals surface area contributed by atoms with Crippen LogP contribution in [0.5, 0.6) is 0 Å². The van der Waals surface area contributed by atoms with Crippen molar-refractivity contribution < 1.29 is 19.1 Å². The van der Waals surface area contributed by atoms with Gasteiger partial charge in [0.1, 0.15) is 5.82 Å². The molecule has 0 radical (unpaired) electrons. The minimum absolute atomic E-state index is 0.0337. The number of hydrogen-bond donors (Lipinski definition) is 3. The summed E-state index contributed by atoms with van der Waals surface area (Å²) >= 11 is 0. The maximum absolute atomic E-state index is 13.0. The number of aliphatic carboxylic acids is 1. The summed E-state index contributed by atoms with van der Waals surface area (Å²) in [5.41, 5.74) is 0.397. The van der Waals surface area contributed by atoms with Gasteiger partial charge in [-0.05, 0) is 43.5 Å².